The van der Waals surface area contributed by atoms with E-state index in [1.807, 2.05) is 30.3 Å². The van der Waals surface area contributed by atoms with Gasteiger partial charge in [0.1, 0.15) is 24.4 Å². The first-order chi connectivity index (χ1) is 10.1. The molecule has 0 bridgehead atoms. The Labute approximate surface area is 123 Å². The fourth-order valence-corrected chi connectivity index (χ4v) is 2.33. The molecular formula is C15H22O6. The summed E-state index contributed by atoms with van der Waals surface area (Å²) in [5, 5.41) is 38.1. The smallest absolute Gasteiger partial charge is 0.186 e. The topological polar surface area (TPSA) is 99.4 Å². The zero-order chi connectivity index (χ0) is 15.2. The van der Waals surface area contributed by atoms with E-state index in [2.05, 4.69) is 0 Å². The van der Waals surface area contributed by atoms with Gasteiger partial charge < -0.3 is 29.9 Å². The third-order valence-corrected chi connectivity index (χ3v) is 3.58. The van der Waals surface area contributed by atoms with Crippen LogP contribution in [0.4, 0.5) is 0 Å². The fourth-order valence-electron chi connectivity index (χ4n) is 2.33. The van der Waals surface area contributed by atoms with E-state index in [0.717, 1.165) is 12.8 Å². The molecule has 1 aromatic carbocycles. The van der Waals surface area contributed by atoms with Crippen molar-refractivity contribution in [1.29, 1.82) is 0 Å². The zero-order valence-corrected chi connectivity index (χ0v) is 11.7. The van der Waals surface area contributed by atoms with Gasteiger partial charge in [-0.05, 0) is 18.4 Å². The molecule has 4 N–H and O–H groups in total. The molecule has 1 aliphatic heterocycles. The van der Waals surface area contributed by atoms with Crippen LogP contribution in [0.5, 0.6) is 0 Å². The molecule has 0 amide bonds. The fraction of sp³-hybridized carbons (Fsp3) is 0.600. The van der Waals surface area contributed by atoms with Crippen molar-refractivity contribution in [2.75, 3.05) is 13.2 Å². The van der Waals surface area contributed by atoms with Crippen LogP contribution in [0.15, 0.2) is 30.3 Å². The second kappa shape index (κ2) is 7.84. The van der Waals surface area contributed by atoms with E-state index in [1.165, 1.54) is 5.56 Å². The van der Waals surface area contributed by atoms with E-state index in [4.69, 9.17) is 14.6 Å². The van der Waals surface area contributed by atoms with Gasteiger partial charge >= 0.3 is 0 Å². The molecule has 118 valence electrons. The number of aryl methyl sites for hydroxylation is 1. The molecule has 1 saturated heterocycles. The van der Waals surface area contributed by atoms with Gasteiger partial charge in [-0.3, -0.25) is 0 Å². The van der Waals surface area contributed by atoms with E-state index < -0.39 is 37.3 Å². The Kier molecular flexibility index (Phi) is 6.10. The van der Waals surface area contributed by atoms with Crippen molar-refractivity contribution in [3.05, 3.63) is 35.9 Å². The van der Waals surface area contributed by atoms with Crippen molar-refractivity contribution in [1.82, 2.24) is 0 Å². The standard InChI is InChI=1S/C15H22O6/c16-9-11-12(17)13(18)14(19)15(21-11)20-8-4-7-10-5-2-1-3-6-10/h1-3,5-6,11-19H,4,7-9H2/t11-,12-,13+,14+,15+/m1/s1. The first-order valence-electron chi connectivity index (χ1n) is 7.09. The van der Waals surface area contributed by atoms with Gasteiger partial charge in [0.25, 0.3) is 0 Å². The van der Waals surface area contributed by atoms with Crippen LogP contribution >= 0.6 is 0 Å². The Morgan fingerprint density at radius 3 is 2.38 bits per heavy atom. The number of aliphatic hydroxyl groups excluding tert-OH is 4. The van der Waals surface area contributed by atoms with Gasteiger partial charge in [0, 0.05) is 0 Å². The van der Waals surface area contributed by atoms with E-state index >= 15 is 0 Å². The molecule has 0 saturated carbocycles. The monoisotopic (exact) mass is 298 g/mol. The Bertz CT molecular complexity index is 410. The van der Waals surface area contributed by atoms with Crippen LogP contribution in [-0.4, -0.2) is 64.3 Å². The molecule has 0 aliphatic carbocycles. The molecule has 5 atom stereocenters. The van der Waals surface area contributed by atoms with Crippen molar-refractivity contribution >= 4 is 0 Å². The summed E-state index contributed by atoms with van der Waals surface area (Å²) in [6, 6.07) is 9.93. The first kappa shape index (κ1) is 16.4. The summed E-state index contributed by atoms with van der Waals surface area (Å²) < 4.78 is 10.7. The molecule has 1 aliphatic rings. The second-order valence-electron chi connectivity index (χ2n) is 5.16. The van der Waals surface area contributed by atoms with Crippen LogP contribution in [0.3, 0.4) is 0 Å². The van der Waals surface area contributed by atoms with Crippen molar-refractivity contribution in [3.63, 3.8) is 0 Å². The SMILES string of the molecule is OC[C@H]1O[C@H](OCCCc2ccccc2)[C@@H](O)[C@@H](O)[C@@H]1O. The lowest BCUT2D eigenvalue weighted by Gasteiger charge is -2.39. The number of aliphatic hydroxyl groups is 4. The molecular weight excluding hydrogens is 276 g/mol. The minimum absolute atomic E-state index is 0.345. The van der Waals surface area contributed by atoms with Crippen LogP contribution in [-0.2, 0) is 15.9 Å². The molecule has 1 fully saturated rings. The number of rotatable bonds is 6. The van der Waals surface area contributed by atoms with Crippen LogP contribution < -0.4 is 0 Å². The number of hydrogen-bond acceptors (Lipinski definition) is 6. The average Bonchev–Trinajstić information content (AvgIpc) is 2.52. The Hall–Kier alpha value is -1.02. The van der Waals surface area contributed by atoms with Crippen molar-refractivity contribution in [2.45, 2.75) is 43.5 Å². The second-order valence-corrected chi connectivity index (χ2v) is 5.16. The number of benzene rings is 1. The summed E-state index contributed by atoms with van der Waals surface area (Å²) in [6.07, 6.45) is -4.49. The summed E-state index contributed by atoms with van der Waals surface area (Å²) in [6.45, 7) is -0.105. The summed E-state index contributed by atoms with van der Waals surface area (Å²) in [7, 11) is 0. The summed E-state index contributed by atoms with van der Waals surface area (Å²) in [4.78, 5) is 0. The maximum Gasteiger partial charge on any atom is 0.186 e. The molecule has 0 radical (unpaired) electrons. The highest BCUT2D eigenvalue weighted by molar-refractivity contribution is 5.14. The quantitative estimate of drug-likeness (QED) is 0.525. The summed E-state index contributed by atoms with van der Waals surface area (Å²) in [5.41, 5.74) is 1.19. The molecule has 6 heteroatoms. The van der Waals surface area contributed by atoms with Gasteiger partial charge in [0.2, 0.25) is 0 Å². The molecule has 2 rings (SSSR count). The average molecular weight is 298 g/mol. The lowest BCUT2D eigenvalue weighted by Crippen LogP contribution is -2.59. The number of ether oxygens (including phenoxy) is 2. The van der Waals surface area contributed by atoms with Crippen LogP contribution in [0.2, 0.25) is 0 Å². The molecule has 0 aromatic heterocycles. The summed E-state index contributed by atoms with van der Waals surface area (Å²) in [5.74, 6) is 0. The maximum atomic E-state index is 9.80. The van der Waals surface area contributed by atoms with Crippen molar-refractivity contribution in [2.24, 2.45) is 0 Å². The highest BCUT2D eigenvalue weighted by Gasteiger charge is 2.43. The van der Waals surface area contributed by atoms with Crippen molar-refractivity contribution in [3.8, 4) is 0 Å². The lowest BCUT2D eigenvalue weighted by molar-refractivity contribution is -0.301. The molecule has 1 heterocycles. The normalized spacial score (nSPS) is 33.0. The van der Waals surface area contributed by atoms with Gasteiger partial charge in [0.05, 0.1) is 13.2 Å². The van der Waals surface area contributed by atoms with Gasteiger partial charge in [-0.2, -0.15) is 0 Å². The molecule has 21 heavy (non-hydrogen) atoms. The van der Waals surface area contributed by atoms with Crippen molar-refractivity contribution < 1.29 is 29.9 Å². The van der Waals surface area contributed by atoms with E-state index in [0.29, 0.717) is 6.61 Å². The van der Waals surface area contributed by atoms with Gasteiger partial charge in [-0.25, -0.2) is 0 Å². The number of hydrogen-bond donors (Lipinski definition) is 4. The molecule has 0 unspecified atom stereocenters. The van der Waals surface area contributed by atoms with Gasteiger partial charge in [-0.15, -0.1) is 0 Å². The summed E-state index contributed by atoms with van der Waals surface area (Å²) >= 11 is 0. The molecule has 1 aromatic rings. The maximum absolute atomic E-state index is 9.80. The minimum atomic E-state index is -1.39. The first-order valence-corrected chi connectivity index (χ1v) is 7.09. The molecule has 0 spiro atoms. The van der Waals surface area contributed by atoms with E-state index in [-0.39, 0.29) is 0 Å². The molecule has 6 nitrogen and oxygen atoms in total. The van der Waals surface area contributed by atoms with Crippen LogP contribution in [0.25, 0.3) is 0 Å². The van der Waals surface area contributed by atoms with Gasteiger partial charge in [-0.1, -0.05) is 30.3 Å². The third-order valence-electron chi connectivity index (χ3n) is 3.58. The Morgan fingerprint density at radius 2 is 1.71 bits per heavy atom. The third kappa shape index (κ3) is 4.23. The van der Waals surface area contributed by atoms with Crippen LogP contribution in [0, 0.1) is 0 Å². The zero-order valence-electron chi connectivity index (χ0n) is 11.7. The predicted octanol–water partition coefficient (Wildman–Crippen LogP) is -0.564. The van der Waals surface area contributed by atoms with E-state index in [9.17, 15) is 15.3 Å². The lowest BCUT2D eigenvalue weighted by atomic mass is 9.99. The minimum Gasteiger partial charge on any atom is -0.394 e. The highest BCUT2D eigenvalue weighted by atomic mass is 16.7. The Morgan fingerprint density at radius 1 is 1.00 bits per heavy atom. The van der Waals surface area contributed by atoms with Gasteiger partial charge in [0.15, 0.2) is 6.29 Å². The predicted molar refractivity (Wildman–Crippen MR) is 74.5 cm³/mol. The largest absolute Gasteiger partial charge is 0.394 e. The van der Waals surface area contributed by atoms with E-state index in [1.54, 1.807) is 0 Å². The highest BCUT2D eigenvalue weighted by Crippen LogP contribution is 2.22. The van der Waals surface area contributed by atoms with Crippen LogP contribution in [0.1, 0.15) is 12.0 Å². The Balaban J connectivity index is 1.77.